The summed E-state index contributed by atoms with van der Waals surface area (Å²) < 4.78 is 28.4. The lowest BCUT2D eigenvalue weighted by molar-refractivity contribution is 0.0937. The number of ether oxygens (including phenoxy) is 1. The zero-order valence-corrected chi connectivity index (χ0v) is 13.3. The maximum Gasteiger partial charge on any atom is 0.265 e. The molecular weight excluding hydrogens is 314 g/mol. The van der Waals surface area contributed by atoms with Crippen LogP contribution in [0.2, 0.25) is 0 Å². The van der Waals surface area contributed by atoms with Gasteiger partial charge in [0.25, 0.3) is 15.0 Å². The summed E-state index contributed by atoms with van der Waals surface area (Å²) >= 11 is 0. The van der Waals surface area contributed by atoms with Crippen LogP contribution >= 0.6 is 10.7 Å². The van der Waals surface area contributed by atoms with Crippen LogP contribution in [-0.2, 0) is 9.05 Å². The molecule has 0 radical (unpaired) electrons. The van der Waals surface area contributed by atoms with Gasteiger partial charge in [-0.15, -0.1) is 0 Å². The molecule has 1 aliphatic rings. The average molecular weight is 332 g/mol. The summed E-state index contributed by atoms with van der Waals surface area (Å²) in [6.07, 6.45) is 4.14. The second kappa shape index (κ2) is 6.66. The summed E-state index contributed by atoms with van der Waals surface area (Å²) in [4.78, 5) is 12.0. The van der Waals surface area contributed by atoms with Crippen LogP contribution in [-0.4, -0.2) is 27.0 Å². The van der Waals surface area contributed by atoms with Crippen molar-refractivity contribution in [2.24, 2.45) is 0 Å². The molecule has 0 aliphatic heterocycles. The Hall–Kier alpha value is -1.27. The summed E-state index contributed by atoms with van der Waals surface area (Å²) in [5, 5.41) is 2.91. The van der Waals surface area contributed by atoms with Crippen LogP contribution in [0.5, 0.6) is 5.75 Å². The maximum absolute atomic E-state index is 12.2. The monoisotopic (exact) mass is 331 g/mol. The van der Waals surface area contributed by atoms with E-state index in [-0.39, 0.29) is 28.2 Å². The van der Waals surface area contributed by atoms with Crippen molar-refractivity contribution in [2.75, 3.05) is 6.61 Å². The third kappa shape index (κ3) is 4.11. The second-order valence-corrected chi connectivity index (χ2v) is 7.52. The van der Waals surface area contributed by atoms with E-state index in [1.165, 1.54) is 12.1 Å². The SMILES string of the molecule is CCOc1ccc(C(=O)NC2CCCC2)cc1S(=O)(=O)Cl. The van der Waals surface area contributed by atoms with E-state index >= 15 is 0 Å². The lowest BCUT2D eigenvalue weighted by atomic mass is 10.1. The van der Waals surface area contributed by atoms with E-state index in [1.54, 1.807) is 13.0 Å². The molecule has 5 nitrogen and oxygen atoms in total. The Bertz CT molecular complexity index is 624. The molecule has 1 fully saturated rings. The fourth-order valence-corrected chi connectivity index (χ4v) is 3.45. The van der Waals surface area contributed by atoms with Gasteiger partial charge < -0.3 is 10.1 Å². The van der Waals surface area contributed by atoms with Gasteiger partial charge in [0.1, 0.15) is 10.6 Å². The van der Waals surface area contributed by atoms with Gasteiger partial charge in [-0.3, -0.25) is 4.79 Å². The highest BCUT2D eigenvalue weighted by molar-refractivity contribution is 8.13. The molecule has 0 aromatic heterocycles. The van der Waals surface area contributed by atoms with E-state index in [1.807, 2.05) is 0 Å². The van der Waals surface area contributed by atoms with Gasteiger partial charge in [-0.2, -0.15) is 0 Å². The van der Waals surface area contributed by atoms with E-state index in [9.17, 15) is 13.2 Å². The molecule has 2 rings (SSSR count). The zero-order chi connectivity index (χ0) is 15.5. The van der Waals surface area contributed by atoms with Crippen LogP contribution in [0.4, 0.5) is 0 Å². The number of benzene rings is 1. The first-order valence-corrected chi connectivity index (χ1v) is 9.25. The first kappa shape index (κ1) is 16.1. The largest absolute Gasteiger partial charge is 0.492 e. The van der Waals surface area contributed by atoms with Gasteiger partial charge in [-0.1, -0.05) is 12.8 Å². The Labute approximate surface area is 129 Å². The number of hydrogen-bond acceptors (Lipinski definition) is 4. The highest BCUT2D eigenvalue weighted by atomic mass is 35.7. The van der Waals surface area contributed by atoms with Gasteiger partial charge in [0.15, 0.2) is 0 Å². The first-order chi connectivity index (χ1) is 9.91. The molecule has 0 atom stereocenters. The molecule has 0 saturated heterocycles. The van der Waals surface area contributed by atoms with Crippen LogP contribution in [0.25, 0.3) is 0 Å². The number of hydrogen-bond donors (Lipinski definition) is 1. The minimum atomic E-state index is -3.97. The number of carbonyl (C=O) groups excluding carboxylic acids is 1. The van der Waals surface area contributed by atoms with Crippen molar-refractivity contribution >= 4 is 25.6 Å². The van der Waals surface area contributed by atoms with Gasteiger partial charge in [0, 0.05) is 22.3 Å². The molecule has 116 valence electrons. The predicted octanol–water partition coefficient (Wildman–Crippen LogP) is 2.69. The second-order valence-electron chi connectivity index (χ2n) is 4.99. The fourth-order valence-electron chi connectivity index (χ4n) is 2.45. The molecule has 0 unspecified atom stereocenters. The van der Waals surface area contributed by atoms with E-state index in [0.717, 1.165) is 25.7 Å². The highest BCUT2D eigenvalue weighted by Crippen LogP contribution is 2.28. The number of rotatable bonds is 5. The van der Waals surface area contributed by atoms with Gasteiger partial charge >= 0.3 is 0 Å². The van der Waals surface area contributed by atoms with E-state index in [4.69, 9.17) is 15.4 Å². The summed E-state index contributed by atoms with van der Waals surface area (Å²) in [5.74, 6) is -0.128. The third-order valence-electron chi connectivity index (χ3n) is 3.46. The predicted molar refractivity (Wildman–Crippen MR) is 80.4 cm³/mol. The van der Waals surface area contributed by atoms with Gasteiger partial charge in [-0.25, -0.2) is 8.42 Å². The van der Waals surface area contributed by atoms with Gasteiger partial charge in [0.2, 0.25) is 0 Å². The Balaban J connectivity index is 2.26. The molecule has 1 aliphatic carbocycles. The topological polar surface area (TPSA) is 72.5 Å². The standard InChI is InChI=1S/C14H18ClNO4S/c1-2-20-12-8-7-10(9-13(12)21(15,18)19)14(17)16-11-5-3-4-6-11/h7-9,11H,2-6H2,1H3,(H,16,17). The molecule has 1 N–H and O–H groups in total. The molecule has 0 heterocycles. The molecule has 1 amide bonds. The van der Waals surface area contributed by atoms with Gasteiger partial charge in [-0.05, 0) is 38.0 Å². The molecular formula is C14H18ClNO4S. The summed E-state index contributed by atoms with van der Waals surface area (Å²) in [5.41, 5.74) is 0.268. The molecule has 21 heavy (non-hydrogen) atoms. The average Bonchev–Trinajstić information content (AvgIpc) is 2.91. The van der Waals surface area contributed by atoms with E-state index in [2.05, 4.69) is 5.32 Å². The molecule has 7 heteroatoms. The smallest absolute Gasteiger partial charge is 0.265 e. The van der Waals surface area contributed by atoms with Crippen LogP contribution in [0, 0.1) is 0 Å². The highest BCUT2D eigenvalue weighted by Gasteiger charge is 2.22. The van der Waals surface area contributed by atoms with Crippen molar-refractivity contribution in [1.29, 1.82) is 0 Å². The van der Waals surface area contributed by atoms with Crippen LogP contribution < -0.4 is 10.1 Å². The minimum Gasteiger partial charge on any atom is -0.492 e. The van der Waals surface area contributed by atoms with Crippen molar-refractivity contribution < 1.29 is 17.9 Å². The van der Waals surface area contributed by atoms with E-state index < -0.39 is 9.05 Å². The normalized spacial score (nSPS) is 15.9. The van der Waals surface area contributed by atoms with Gasteiger partial charge in [0.05, 0.1) is 6.61 Å². The number of nitrogens with one attached hydrogen (secondary N) is 1. The molecule has 1 aromatic carbocycles. The Morgan fingerprint density at radius 3 is 2.62 bits per heavy atom. The molecule has 0 spiro atoms. The lowest BCUT2D eigenvalue weighted by Gasteiger charge is -2.13. The summed E-state index contributed by atoms with van der Waals surface area (Å²) in [7, 11) is 1.44. The summed E-state index contributed by atoms with van der Waals surface area (Å²) in [6.45, 7) is 2.05. The lowest BCUT2D eigenvalue weighted by Crippen LogP contribution is -2.32. The fraction of sp³-hybridized carbons (Fsp3) is 0.500. The van der Waals surface area contributed by atoms with Crippen molar-refractivity contribution in [1.82, 2.24) is 5.32 Å². The molecule has 1 saturated carbocycles. The van der Waals surface area contributed by atoms with Crippen molar-refractivity contribution in [3.05, 3.63) is 23.8 Å². The van der Waals surface area contributed by atoms with Crippen LogP contribution in [0.1, 0.15) is 43.0 Å². The molecule has 0 bridgehead atoms. The Morgan fingerprint density at radius 2 is 2.05 bits per heavy atom. The summed E-state index contributed by atoms with van der Waals surface area (Å²) in [6, 6.07) is 4.43. The minimum absolute atomic E-state index is 0.157. The van der Waals surface area contributed by atoms with Crippen molar-refractivity contribution in [2.45, 2.75) is 43.5 Å². The number of halogens is 1. The van der Waals surface area contributed by atoms with Crippen LogP contribution in [0.3, 0.4) is 0 Å². The Kier molecular flexibility index (Phi) is 5.11. The molecule has 1 aromatic rings. The Morgan fingerprint density at radius 1 is 1.38 bits per heavy atom. The van der Waals surface area contributed by atoms with E-state index in [0.29, 0.717) is 6.61 Å². The number of amides is 1. The van der Waals surface area contributed by atoms with Crippen LogP contribution in [0.15, 0.2) is 23.1 Å². The quantitative estimate of drug-likeness (QED) is 0.842. The number of carbonyl (C=O) groups is 1. The third-order valence-corrected chi connectivity index (χ3v) is 4.80. The van der Waals surface area contributed by atoms with Crippen molar-refractivity contribution in [3.8, 4) is 5.75 Å². The first-order valence-electron chi connectivity index (χ1n) is 6.94. The zero-order valence-electron chi connectivity index (χ0n) is 11.8. The van der Waals surface area contributed by atoms with Crippen molar-refractivity contribution in [3.63, 3.8) is 0 Å². The maximum atomic E-state index is 12.2.